The molecule has 1 aromatic heterocycles. The van der Waals surface area contributed by atoms with Gasteiger partial charge in [0, 0.05) is 30.6 Å². The number of nitrogens with zero attached hydrogens (tertiary/aromatic N) is 1. The van der Waals surface area contributed by atoms with Gasteiger partial charge in [-0.05, 0) is 36.6 Å². The van der Waals surface area contributed by atoms with E-state index in [0.717, 1.165) is 22.5 Å². The van der Waals surface area contributed by atoms with Crippen molar-refractivity contribution in [2.75, 3.05) is 18.9 Å². The number of halogens is 3. The number of rotatable bonds is 7. The summed E-state index contributed by atoms with van der Waals surface area (Å²) in [7, 11) is 1.46. The minimum atomic E-state index is -4.58. The zero-order chi connectivity index (χ0) is 21.7. The van der Waals surface area contributed by atoms with Crippen molar-refractivity contribution in [3.63, 3.8) is 0 Å². The second-order valence-electron chi connectivity index (χ2n) is 7.05. The summed E-state index contributed by atoms with van der Waals surface area (Å²) in [5, 5.41) is 3.36. The van der Waals surface area contributed by atoms with E-state index in [2.05, 4.69) is 10.3 Å². The Kier molecular flexibility index (Phi) is 6.44. The Bertz CT molecular complexity index is 1040. The molecule has 0 aliphatic carbocycles. The number of benzene rings is 2. The number of hydrogen-bond acceptors (Lipinski definition) is 2. The number of likely N-dealkylation sites (N-methyl/N-ethyl adjacent to an activating group) is 1. The molecule has 0 radical (unpaired) electrons. The van der Waals surface area contributed by atoms with Gasteiger partial charge < -0.3 is 15.2 Å². The van der Waals surface area contributed by atoms with Crippen LogP contribution in [0.2, 0.25) is 0 Å². The first-order valence-corrected chi connectivity index (χ1v) is 9.50. The lowest BCUT2D eigenvalue weighted by molar-refractivity contribution is -0.137. The SMILES string of the molecule is CN(CC(=O)Nc1ccccc1C(F)(F)F)C(=O)CCCc1c[nH]c2ccccc12. The molecule has 0 aliphatic heterocycles. The number of aryl methyl sites for hydroxylation is 1. The van der Waals surface area contributed by atoms with Crippen molar-refractivity contribution in [1.82, 2.24) is 9.88 Å². The molecule has 0 bridgehead atoms. The van der Waals surface area contributed by atoms with Crippen LogP contribution in [0.5, 0.6) is 0 Å². The molecule has 2 N–H and O–H groups in total. The van der Waals surface area contributed by atoms with Gasteiger partial charge in [-0.2, -0.15) is 13.2 Å². The number of para-hydroxylation sites is 2. The van der Waals surface area contributed by atoms with Crippen LogP contribution in [0.15, 0.2) is 54.7 Å². The predicted octanol–water partition coefficient (Wildman–Crippen LogP) is 4.61. The number of carbonyl (C=O) groups is 2. The lowest BCUT2D eigenvalue weighted by Gasteiger charge is -2.18. The third kappa shape index (κ3) is 5.20. The largest absolute Gasteiger partial charge is 0.418 e. The van der Waals surface area contributed by atoms with E-state index in [0.29, 0.717) is 12.8 Å². The molecule has 5 nitrogen and oxygen atoms in total. The van der Waals surface area contributed by atoms with Crippen molar-refractivity contribution >= 4 is 28.4 Å². The number of H-pyrrole nitrogens is 1. The summed E-state index contributed by atoms with van der Waals surface area (Å²) in [4.78, 5) is 28.9. The maximum absolute atomic E-state index is 13.0. The molecule has 0 saturated carbocycles. The van der Waals surface area contributed by atoms with Crippen molar-refractivity contribution in [2.45, 2.75) is 25.4 Å². The molecule has 1 heterocycles. The summed E-state index contributed by atoms with van der Waals surface area (Å²) in [6, 6.07) is 12.6. The van der Waals surface area contributed by atoms with Gasteiger partial charge in [0.25, 0.3) is 0 Å². The van der Waals surface area contributed by atoms with E-state index in [-0.39, 0.29) is 24.6 Å². The predicted molar refractivity (Wildman–Crippen MR) is 109 cm³/mol. The first kappa shape index (κ1) is 21.4. The van der Waals surface area contributed by atoms with Gasteiger partial charge in [0.15, 0.2) is 0 Å². The second kappa shape index (κ2) is 9.02. The van der Waals surface area contributed by atoms with Crippen LogP contribution in [-0.4, -0.2) is 35.3 Å². The van der Waals surface area contributed by atoms with Gasteiger partial charge >= 0.3 is 6.18 Å². The lowest BCUT2D eigenvalue weighted by atomic mass is 10.1. The summed E-state index contributed by atoms with van der Waals surface area (Å²) < 4.78 is 39.1. The van der Waals surface area contributed by atoms with Gasteiger partial charge in [0.1, 0.15) is 0 Å². The summed E-state index contributed by atoms with van der Waals surface area (Å²) in [5.74, 6) is -0.923. The Hall–Kier alpha value is -3.29. The number of alkyl halides is 3. The first-order valence-electron chi connectivity index (χ1n) is 9.50. The van der Waals surface area contributed by atoms with Gasteiger partial charge in [-0.3, -0.25) is 9.59 Å². The zero-order valence-corrected chi connectivity index (χ0v) is 16.4. The second-order valence-corrected chi connectivity index (χ2v) is 7.05. The first-order chi connectivity index (χ1) is 14.3. The molecule has 8 heteroatoms. The third-order valence-corrected chi connectivity index (χ3v) is 4.82. The molecule has 30 heavy (non-hydrogen) atoms. The normalized spacial score (nSPS) is 11.5. The minimum Gasteiger partial charge on any atom is -0.361 e. The van der Waals surface area contributed by atoms with Crippen molar-refractivity contribution in [3.05, 3.63) is 65.9 Å². The Labute approximate surface area is 171 Å². The highest BCUT2D eigenvalue weighted by atomic mass is 19.4. The molecule has 0 saturated heterocycles. The van der Waals surface area contributed by atoms with Crippen LogP contribution in [0.3, 0.4) is 0 Å². The molecule has 0 spiro atoms. The van der Waals surface area contributed by atoms with Crippen LogP contribution in [-0.2, 0) is 22.2 Å². The molecule has 0 aliphatic rings. The van der Waals surface area contributed by atoms with Crippen LogP contribution < -0.4 is 5.32 Å². The monoisotopic (exact) mass is 417 g/mol. The number of carbonyl (C=O) groups excluding carboxylic acids is 2. The Morgan fingerprint density at radius 2 is 1.77 bits per heavy atom. The maximum Gasteiger partial charge on any atom is 0.418 e. The topological polar surface area (TPSA) is 65.2 Å². The fraction of sp³-hybridized carbons (Fsp3) is 0.273. The fourth-order valence-corrected chi connectivity index (χ4v) is 3.29. The van der Waals surface area contributed by atoms with Crippen molar-refractivity contribution in [2.24, 2.45) is 0 Å². The number of nitrogens with one attached hydrogen (secondary N) is 2. The van der Waals surface area contributed by atoms with Crippen molar-refractivity contribution in [3.8, 4) is 0 Å². The number of aromatic nitrogens is 1. The standard InChI is InChI=1S/C22H22F3N3O2/c1-28(14-20(29)27-19-11-5-3-9-17(19)22(23,24)25)21(30)12-6-7-15-13-26-18-10-4-2-8-16(15)18/h2-5,8-11,13,26H,6-7,12,14H2,1H3,(H,27,29). The smallest absolute Gasteiger partial charge is 0.361 e. The van der Waals surface area contributed by atoms with Gasteiger partial charge in [0.05, 0.1) is 17.8 Å². The van der Waals surface area contributed by atoms with Crippen LogP contribution in [0.25, 0.3) is 10.9 Å². The average molecular weight is 417 g/mol. The van der Waals surface area contributed by atoms with E-state index in [1.54, 1.807) is 0 Å². The van der Waals surface area contributed by atoms with Crippen molar-refractivity contribution in [1.29, 1.82) is 0 Å². The van der Waals surface area contributed by atoms with Gasteiger partial charge in [0.2, 0.25) is 11.8 Å². The molecular formula is C22H22F3N3O2. The molecule has 158 valence electrons. The molecule has 3 rings (SSSR count). The number of amides is 2. The number of fused-ring (bicyclic) bond motifs is 1. The third-order valence-electron chi connectivity index (χ3n) is 4.82. The van der Waals surface area contributed by atoms with Crippen molar-refractivity contribution < 1.29 is 22.8 Å². The summed E-state index contributed by atoms with van der Waals surface area (Å²) in [6.07, 6.45) is -1.11. The zero-order valence-electron chi connectivity index (χ0n) is 16.4. The quantitative estimate of drug-likeness (QED) is 0.590. The molecule has 2 aromatic carbocycles. The minimum absolute atomic E-state index is 0.239. The van der Waals surface area contributed by atoms with Gasteiger partial charge in [-0.25, -0.2) is 0 Å². The van der Waals surface area contributed by atoms with E-state index in [1.165, 1.54) is 30.1 Å². The summed E-state index contributed by atoms with van der Waals surface area (Å²) in [5.41, 5.74) is 0.899. The highest BCUT2D eigenvalue weighted by molar-refractivity contribution is 5.95. The number of aromatic amines is 1. The molecule has 3 aromatic rings. The Morgan fingerprint density at radius 3 is 2.53 bits per heavy atom. The van der Waals surface area contributed by atoms with Crippen LogP contribution in [0, 0.1) is 0 Å². The molecule has 0 unspecified atom stereocenters. The van der Waals surface area contributed by atoms with E-state index in [9.17, 15) is 22.8 Å². The average Bonchev–Trinajstić information content (AvgIpc) is 3.10. The Balaban J connectivity index is 1.50. The lowest BCUT2D eigenvalue weighted by Crippen LogP contribution is -2.35. The maximum atomic E-state index is 13.0. The molecular weight excluding hydrogens is 395 g/mol. The van der Waals surface area contributed by atoms with Crippen LogP contribution in [0.4, 0.5) is 18.9 Å². The molecule has 2 amide bonds. The van der Waals surface area contributed by atoms with Gasteiger partial charge in [-0.15, -0.1) is 0 Å². The molecule has 0 atom stereocenters. The van der Waals surface area contributed by atoms with E-state index in [1.807, 2.05) is 30.5 Å². The van der Waals surface area contributed by atoms with Crippen LogP contribution in [0.1, 0.15) is 24.0 Å². The molecule has 0 fully saturated rings. The number of anilines is 1. The fourth-order valence-electron chi connectivity index (χ4n) is 3.29. The highest BCUT2D eigenvalue weighted by Gasteiger charge is 2.33. The van der Waals surface area contributed by atoms with E-state index in [4.69, 9.17) is 0 Å². The summed E-state index contributed by atoms with van der Waals surface area (Å²) in [6.45, 7) is -0.321. The van der Waals surface area contributed by atoms with Crippen LogP contribution >= 0.6 is 0 Å². The summed E-state index contributed by atoms with van der Waals surface area (Å²) >= 11 is 0. The van der Waals surface area contributed by atoms with Gasteiger partial charge in [-0.1, -0.05) is 30.3 Å². The number of hydrogen-bond donors (Lipinski definition) is 2. The Morgan fingerprint density at radius 1 is 1.07 bits per heavy atom. The van der Waals surface area contributed by atoms with E-state index >= 15 is 0 Å². The van der Waals surface area contributed by atoms with E-state index < -0.39 is 17.6 Å². The highest BCUT2D eigenvalue weighted by Crippen LogP contribution is 2.34.